The summed E-state index contributed by atoms with van der Waals surface area (Å²) in [5.74, 6) is -1.03. The minimum absolute atomic E-state index is 0.0133. The number of aliphatic hydroxyl groups excluding tert-OH is 1. The molecular weight excluding hydrogens is 446 g/mol. The topological polar surface area (TPSA) is 117 Å². The molecule has 2 aliphatic heterocycles. The largest absolute Gasteiger partial charge is 0.382 e. The second-order valence-electron chi connectivity index (χ2n) is 10.1. The van der Waals surface area contributed by atoms with Gasteiger partial charge in [0.15, 0.2) is 0 Å². The van der Waals surface area contributed by atoms with Crippen molar-refractivity contribution in [2.45, 2.75) is 57.7 Å². The van der Waals surface area contributed by atoms with Crippen LogP contribution in [0.5, 0.6) is 0 Å². The number of carbonyl (C=O) groups excluding carboxylic acids is 3. The van der Waals surface area contributed by atoms with E-state index in [1.807, 2.05) is 30.3 Å². The Morgan fingerprint density at radius 2 is 1.83 bits per heavy atom. The van der Waals surface area contributed by atoms with Crippen molar-refractivity contribution < 1.29 is 19.5 Å². The molecule has 9 heteroatoms. The standard InChI is InChI=1S/C26H27N5O4/c1-26(2,3)16-9-7-15(8-10-16)23(33)19-14-31(29-28-19)20-6-4-5-17-18(20)13-30(25(17)35)21-11-12-22(32)27-24(21)34/h4-10,14,21,23,33H,11-13H2,1-3H3,(H,27,32,34). The van der Waals surface area contributed by atoms with Crippen molar-refractivity contribution in [2.75, 3.05) is 0 Å². The van der Waals surface area contributed by atoms with E-state index in [9.17, 15) is 19.5 Å². The van der Waals surface area contributed by atoms with Gasteiger partial charge in [-0.1, -0.05) is 56.3 Å². The van der Waals surface area contributed by atoms with E-state index in [0.29, 0.717) is 28.9 Å². The van der Waals surface area contributed by atoms with Crippen LogP contribution in [-0.4, -0.2) is 48.8 Å². The Kier molecular flexibility index (Phi) is 5.52. The Balaban J connectivity index is 1.40. The Morgan fingerprint density at radius 1 is 1.09 bits per heavy atom. The Labute approximate surface area is 202 Å². The number of fused-ring (bicyclic) bond motifs is 1. The predicted octanol–water partition coefficient (Wildman–Crippen LogP) is 2.41. The van der Waals surface area contributed by atoms with Gasteiger partial charge in [0.25, 0.3) is 5.91 Å². The van der Waals surface area contributed by atoms with Gasteiger partial charge >= 0.3 is 0 Å². The molecule has 35 heavy (non-hydrogen) atoms. The first-order valence-electron chi connectivity index (χ1n) is 11.6. The molecule has 0 aliphatic carbocycles. The van der Waals surface area contributed by atoms with Crippen LogP contribution >= 0.6 is 0 Å². The van der Waals surface area contributed by atoms with Crippen LogP contribution in [0.1, 0.15) is 72.5 Å². The molecule has 9 nitrogen and oxygen atoms in total. The number of nitrogens with one attached hydrogen (secondary N) is 1. The van der Waals surface area contributed by atoms with Gasteiger partial charge in [0.1, 0.15) is 17.8 Å². The van der Waals surface area contributed by atoms with Crippen LogP contribution in [0.4, 0.5) is 0 Å². The van der Waals surface area contributed by atoms with E-state index in [0.717, 1.165) is 5.56 Å². The van der Waals surface area contributed by atoms with E-state index in [-0.39, 0.29) is 30.2 Å². The number of hydrogen-bond donors (Lipinski definition) is 2. The van der Waals surface area contributed by atoms with Gasteiger partial charge in [0, 0.05) is 24.1 Å². The minimum atomic E-state index is -0.948. The fourth-order valence-corrected chi connectivity index (χ4v) is 4.64. The number of nitrogens with zero attached hydrogens (tertiary/aromatic N) is 4. The van der Waals surface area contributed by atoms with Gasteiger partial charge in [0.2, 0.25) is 11.8 Å². The second-order valence-corrected chi connectivity index (χ2v) is 10.1. The molecule has 5 rings (SSSR count). The molecule has 2 aliphatic rings. The maximum Gasteiger partial charge on any atom is 0.255 e. The third-order valence-electron chi connectivity index (χ3n) is 6.69. The summed E-state index contributed by atoms with van der Waals surface area (Å²) in [6.07, 6.45) is 1.20. The first-order valence-corrected chi connectivity index (χ1v) is 11.6. The van der Waals surface area contributed by atoms with Gasteiger partial charge in [0.05, 0.1) is 11.9 Å². The lowest BCUT2D eigenvalue weighted by Crippen LogP contribution is -2.52. The lowest BCUT2D eigenvalue weighted by Gasteiger charge is -2.29. The van der Waals surface area contributed by atoms with Crippen LogP contribution < -0.4 is 5.32 Å². The van der Waals surface area contributed by atoms with Crippen LogP contribution in [0.3, 0.4) is 0 Å². The first-order chi connectivity index (χ1) is 16.6. The van der Waals surface area contributed by atoms with Gasteiger partial charge in [-0.15, -0.1) is 5.10 Å². The molecule has 2 N–H and O–H groups in total. The fourth-order valence-electron chi connectivity index (χ4n) is 4.64. The number of imide groups is 1. The third-order valence-corrected chi connectivity index (χ3v) is 6.69. The summed E-state index contributed by atoms with van der Waals surface area (Å²) < 4.78 is 1.54. The predicted molar refractivity (Wildman–Crippen MR) is 127 cm³/mol. The van der Waals surface area contributed by atoms with Crippen LogP contribution in [-0.2, 0) is 21.5 Å². The molecular formula is C26H27N5O4. The highest BCUT2D eigenvalue weighted by Gasteiger charge is 2.40. The molecule has 3 amide bonds. The average molecular weight is 474 g/mol. The van der Waals surface area contributed by atoms with Gasteiger partial charge < -0.3 is 10.0 Å². The molecule has 1 aromatic heterocycles. The summed E-state index contributed by atoms with van der Waals surface area (Å²) in [5, 5.41) is 21.6. The number of hydrogen-bond acceptors (Lipinski definition) is 6. The van der Waals surface area contributed by atoms with Gasteiger partial charge in [-0.05, 0) is 35.1 Å². The second kappa shape index (κ2) is 8.42. The maximum absolute atomic E-state index is 13.1. The Morgan fingerprint density at radius 3 is 2.51 bits per heavy atom. The molecule has 0 saturated carbocycles. The summed E-state index contributed by atoms with van der Waals surface area (Å²) in [7, 11) is 0. The zero-order chi connectivity index (χ0) is 24.9. The summed E-state index contributed by atoms with van der Waals surface area (Å²) in [6, 6.07) is 12.4. The number of rotatable bonds is 4. The smallest absolute Gasteiger partial charge is 0.255 e. The van der Waals surface area contributed by atoms with Crippen LogP contribution in [0.15, 0.2) is 48.7 Å². The van der Waals surface area contributed by atoms with Crippen molar-refractivity contribution in [1.29, 1.82) is 0 Å². The highest BCUT2D eigenvalue weighted by molar-refractivity contribution is 6.05. The van der Waals surface area contributed by atoms with Crippen molar-refractivity contribution in [2.24, 2.45) is 0 Å². The summed E-state index contributed by atoms with van der Waals surface area (Å²) in [4.78, 5) is 38.4. The van der Waals surface area contributed by atoms with Crippen molar-refractivity contribution in [1.82, 2.24) is 25.2 Å². The van der Waals surface area contributed by atoms with E-state index in [1.165, 1.54) is 10.5 Å². The number of aromatic nitrogens is 3. The zero-order valence-electron chi connectivity index (χ0n) is 19.9. The number of piperidine rings is 1. The number of carbonyl (C=O) groups is 3. The monoisotopic (exact) mass is 473 g/mol. The van der Waals surface area contributed by atoms with Crippen molar-refractivity contribution in [3.63, 3.8) is 0 Å². The lowest BCUT2D eigenvalue weighted by atomic mass is 9.86. The van der Waals surface area contributed by atoms with Gasteiger partial charge in [-0.25, -0.2) is 4.68 Å². The van der Waals surface area contributed by atoms with Crippen LogP contribution in [0.2, 0.25) is 0 Å². The van der Waals surface area contributed by atoms with Crippen molar-refractivity contribution in [3.8, 4) is 5.69 Å². The fraction of sp³-hybridized carbons (Fsp3) is 0.346. The average Bonchev–Trinajstić information content (AvgIpc) is 3.44. The number of aliphatic hydroxyl groups is 1. The first kappa shape index (κ1) is 22.9. The third kappa shape index (κ3) is 4.12. The number of amides is 3. The molecule has 0 bridgehead atoms. The molecule has 1 fully saturated rings. The molecule has 3 aromatic rings. The SMILES string of the molecule is CC(C)(C)c1ccc(C(O)c2cn(-c3cccc4c3CN(C3CCC(=O)NC3=O)C4=O)nn2)cc1. The van der Waals surface area contributed by atoms with E-state index >= 15 is 0 Å². The molecule has 1 saturated heterocycles. The summed E-state index contributed by atoms with van der Waals surface area (Å²) in [5.41, 5.74) is 4.14. The molecule has 0 radical (unpaired) electrons. The van der Waals surface area contributed by atoms with E-state index in [2.05, 4.69) is 36.4 Å². The lowest BCUT2D eigenvalue weighted by molar-refractivity contribution is -0.136. The van der Waals surface area contributed by atoms with Crippen LogP contribution in [0, 0.1) is 0 Å². The molecule has 3 heterocycles. The van der Waals surface area contributed by atoms with Crippen molar-refractivity contribution in [3.05, 3.63) is 76.6 Å². The minimum Gasteiger partial charge on any atom is -0.382 e. The van der Waals surface area contributed by atoms with Gasteiger partial charge in [-0.2, -0.15) is 0 Å². The highest BCUT2D eigenvalue weighted by atomic mass is 16.3. The molecule has 2 atom stereocenters. The van der Waals surface area contributed by atoms with E-state index in [4.69, 9.17) is 0 Å². The Bertz CT molecular complexity index is 1320. The highest BCUT2D eigenvalue weighted by Crippen LogP contribution is 2.32. The van der Waals surface area contributed by atoms with Crippen molar-refractivity contribution >= 4 is 17.7 Å². The number of benzene rings is 2. The summed E-state index contributed by atoms with van der Waals surface area (Å²) >= 11 is 0. The van der Waals surface area contributed by atoms with Crippen LogP contribution in [0.25, 0.3) is 5.69 Å². The molecule has 2 aromatic carbocycles. The molecule has 2 unspecified atom stereocenters. The van der Waals surface area contributed by atoms with Gasteiger partial charge in [-0.3, -0.25) is 19.7 Å². The molecule has 180 valence electrons. The quantitative estimate of drug-likeness (QED) is 0.562. The zero-order valence-corrected chi connectivity index (χ0v) is 19.9. The summed E-state index contributed by atoms with van der Waals surface area (Å²) in [6.45, 7) is 6.62. The van der Waals surface area contributed by atoms with E-state index in [1.54, 1.807) is 23.0 Å². The molecule has 0 spiro atoms. The maximum atomic E-state index is 13.1. The Hall–Kier alpha value is -3.85. The van der Waals surface area contributed by atoms with E-state index < -0.39 is 18.1 Å². The normalized spacial score (nSPS) is 19.0.